The summed E-state index contributed by atoms with van der Waals surface area (Å²) < 4.78 is 20.9. The van der Waals surface area contributed by atoms with Gasteiger partial charge in [0.1, 0.15) is 5.58 Å². The minimum absolute atomic E-state index is 0.902. The number of hydrogen-bond donors (Lipinski definition) is 0. The van der Waals surface area contributed by atoms with Crippen LogP contribution in [0.15, 0.2) is 405 Å². The van der Waals surface area contributed by atoms with Crippen LogP contribution in [0.1, 0.15) is 0 Å². The number of nitrogens with zero attached hydrogens (tertiary/aromatic N) is 6. The Kier molecular flexibility index (Phi) is 13.7. The molecule has 25 rings (SSSR count). The van der Waals surface area contributed by atoms with E-state index in [4.69, 9.17) is 4.42 Å². The van der Waals surface area contributed by atoms with Crippen LogP contribution in [-0.4, -0.2) is 27.4 Å². The van der Waals surface area contributed by atoms with Crippen molar-refractivity contribution in [1.29, 1.82) is 0 Å². The lowest BCUT2D eigenvalue weighted by molar-refractivity contribution is 0.666. The van der Waals surface area contributed by atoms with Crippen LogP contribution in [0, 0.1) is 0 Å². The Bertz CT molecular complexity index is 8150. The number of rotatable bonds is 8. The first-order valence-electron chi connectivity index (χ1n) is 38.8. The van der Waals surface area contributed by atoms with Gasteiger partial charge in [-0.15, -0.1) is 0 Å². The summed E-state index contributed by atoms with van der Waals surface area (Å²) in [7, 11) is 0. The maximum atomic E-state index is 6.54. The van der Waals surface area contributed by atoms with E-state index in [1.54, 1.807) is 0 Å². The first-order chi connectivity index (χ1) is 56.1. The fourth-order valence-corrected chi connectivity index (χ4v) is 18.8. The molecule has 113 heavy (non-hydrogen) atoms. The van der Waals surface area contributed by atoms with E-state index in [0.29, 0.717) is 0 Å². The quantitative estimate of drug-likeness (QED) is 0.149. The van der Waals surface area contributed by atoms with Gasteiger partial charge in [-0.25, -0.2) is 0 Å². The fourth-order valence-electron chi connectivity index (χ4n) is 18.8. The summed E-state index contributed by atoms with van der Waals surface area (Å²) >= 11 is 0. The molecule has 0 saturated heterocycles. The Morgan fingerprint density at radius 3 is 0.770 bits per heavy atom. The van der Waals surface area contributed by atoms with Crippen molar-refractivity contribution in [1.82, 2.24) is 27.4 Å². The number of aromatic nitrogens is 6. The Balaban J connectivity index is 0.000000131. The molecule has 0 unspecified atom stereocenters. The standard InChI is InChI=1S/C54H33N3O.C52H33N3/c1-6-18-46-38(12-1)39-13-2-7-19-47(39)55(46)36-26-28-37(29-27-36)56-48-20-8-3-14-40(48)44-32-34(24-30-50(44)56)35-25-31-51-45(33-35)41-15-4-9-21-49(41)57(51)52-22-11-17-43-42-16-5-10-23-53(42)58-54(43)52;1-2-12-38(13-3-1)53-49-20-10-6-16-43(49)45-32-36(24-28-51(45)53)37-25-29-52-46(33-37)44-17-7-11-21-50(44)55(52)40-27-23-34-30-39(26-22-35(34)31-40)54-47-18-8-4-14-41(47)42-15-5-9-19-48(42)54/h1-33H;1-33H. The van der Waals surface area contributed by atoms with Gasteiger partial charge in [0.15, 0.2) is 5.58 Å². The van der Waals surface area contributed by atoms with Crippen LogP contribution in [0.5, 0.6) is 0 Å². The minimum atomic E-state index is 0.902. The van der Waals surface area contributed by atoms with E-state index in [1.165, 1.54) is 164 Å². The summed E-state index contributed by atoms with van der Waals surface area (Å²) in [4.78, 5) is 0. The van der Waals surface area contributed by atoms with Crippen LogP contribution < -0.4 is 0 Å². The Morgan fingerprint density at radius 2 is 0.407 bits per heavy atom. The number of fused-ring (bicyclic) bond motifs is 22. The molecule has 0 aliphatic carbocycles. The zero-order valence-corrected chi connectivity index (χ0v) is 61.2. The van der Waals surface area contributed by atoms with E-state index in [0.717, 1.165) is 55.7 Å². The second-order valence-electron chi connectivity index (χ2n) is 29.9. The molecule has 25 aromatic rings. The van der Waals surface area contributed by atoms with Crippen molar-refractivity contribution < 1.29 is 4.42 Å². The van der Waals surface area contributed by atoms with Crippen LogP contribution in [0.4, 0.5) is 0 Å². The van der Waals surface area contributed by atoms with Gasteiger partial charge >= 0.3 is 0 Å². The predicted octanol–water partition coefficient (Wildman–Crippen LogP) is 28.3. The molecule has 0 aliphatic heterocycles. The number of hydrogen-bond acceptors (Lipinski definition) is 1. The molecule has 7 nitrogen and oxygen atoms in total. The summed E-state index contributed by atoms with van der Waals surface area (Å²) in [6.45, 7) is 0. The average molecular weight is 1440 g/mol. The largest absolute Gasteiger partial charge is 0.454 e. The molecule has 7 aromatic heterocycles. The zero-order valence-electron chi connectivity index (χ0n) is 61.2. The normalized spacial score (nSPS) is 12.1. The summed E-state index contributed by atoms with van der Waals surface area (Å²) in [5, 5.41) is 19.7. The van der Waals surface area contributed by atoms with Gasteiger partial charge in [0, 0.05) is 104 Å². The molecule has 0 atom stereocenters. The van der Waals surface area contributed by atoms with E-state index in [-0.39, 0.29) is 0 Å². The molecule has 18 aromatic carbocycles. The number of furan rings is 1. The summed E-state index contributed by atoms with van der Waals surface area (Å²) in [6, 6.07) is 146. The highest BCUT2D eigenvalue weighted by atomic mass is 16.3. The molecule has 0 radical (unpaired) electrons. The lowest BCUT2D eigenvalue weighted by atomic mass is 10.0. The van der Waals surface area contributed by atoms with E-state index in [9.17, 15) is 0 Å². The maximum absolute atomic E-state index is 6.54. The molecule has 0 fully saturated rings. The SMILES string of the molecule is c1ccc(-n2c3ccccc3c3cc(-c4ccc5c(c4)c4ccccc4n5-c4ccc5cc(-n6c7ccccc7c7ccccc76)ccc5c4)ccc32)cc1.c1ccc2c(c1)oc1c(-n3c4ccccc4c4cc(-c5ccc6c(c5)c5ccccc5n6-c5ccc(-n6c7ccccc7c7ccccc76)cc5)ccc43)cccc12. The average Bonchev–Trinajstić information content (AvgIpc) is 1.60. The van der Waals surface area contributed by atoms with Gasteiger partial charge in [-0.1, -0.05) is 231 Å². The summed E-state index contributed by atoms with van der Waals surface area (Å²) in [5.74, 6) is 0. The van der Waals surface area contributed by atoms with Crippen LogP contribution in [0.2, 0.25) is 0 Å². The maximum Gasteiger partial charge on any atom is 0.159 e. The van der Waals surface area contributed by atoms with Gasteiger partial charge in [-0.05, 0) is 203 Å². The third kappa shape index (κ3) is 9.56. The molecule has 0 spiro atoms. The highest BCUT2D eigenvalue weighted by Crippen LogP contribution is 2.45. The van der Waals surface area contributed by atoms with Crippen LogP contribution in [-0.2, 0) is 0 Å². The highest BCUT2D eigenvalue weighted by Gasteiger charge is 2.23. The molecule has 7 heteroatoms. The van der Waals surface area contributed by atoms with Gasteiger partial charge in [0.05, 0.1) is 71.9 Å². The second-order valence-corrected chi connectivity index (χ2v) is 29.9. The lowest BCUT2D eigenvalue weighted by Crippen LogP contribution is -1.97. The molecule has 0 amide bonds. The van der Waals surface area contributed by atoms with E-state index < -0.39 is 0 Å². The fraction of sp³-hybridized carbons (Fsp3) is 0. The van der Waals surface area contributed by atoms with Gasteiger partial charge in [0.2, 0.25) is 0 Å². The van der Waals surface area contributed by atoms with Crippen LogP contribution in [0.3, 0.4) is 0 Å². The second kappa shape index (κ2) is 24.7. The van der Waals surface area contributed by atoms with E-state index in [2.05, 4.69) is 422 Å². The van der Waals surface area contributed by atoms with Crippen molar-refractivity contribution in [2.75, 3.05) is 0 Å². The Morgan fingerprint density at radius 1 is 0.150 bits per heavy atom. The van der Waals surface area contributed by atoms with Crippen LogP contribution in [0.25, 0.3) is 220 Å². The first-order valence-corrected chi connectivity index (χ1v) is 38.8. The predicted molar refractivity (Wildman–Crippen MR) is 475 cm³/mol. The third-order valence-electron chi connectivity index (χ3n) is 23.8. The molecule has 0 bridgehead atoms. The Hall–Kier alpha value is -15.2. The van der Waals surface area contributed by atoms with Crippen molar-refractivity contribution in [2.45, 2.75) is 0 Å². The summed E-state index contributed by atoms with van der Waals surface area (Å²) in [6.07, 6.45) is 0. The monoisotopic (exact) mass is 1440 g/mol. The molecular weight excluding hydrogens is 1370 g/mol. The van der Waals surface area contributed by atoms with E-state index >= 15 is 0 Å². The van der Waals surface area contributed by atoms with E-state index in [1.807, 2.05) is 6.07 Å². The molecular formula is C106H66N6O. The van der Waals surface area contributed by atoms with Gasteiger partial charge in [-0.3, -0.25) is 0 Å². The highest BCUT2D eigenvalue weighted by molar-refractivity contribution is 6.18. The smallest absolute Gasteiger partial charge is 0.159 e. The molecule has 0 aliphatic rings. The van der Waals surface area contributed by atoms with Gasteiger partial charge in [-0.2, -0.15) is 0 Å². The zero-order chi connectivity index (χ0) is 73.9. The number of benzene rings is 18. The molecule has 0 N–H and O–H groups in total. The van der Waals surface area contributed by atoms with Crippen molar-refractivity contribution in [3.05, 3.63) is 400 Å². The molecule has 7 heterocycles. The summed E-state index contributed by atoms with van der Waals surface area (Å²) in [5.41, 5.74) is 27.9. The van der Waals surface area contributed by atoms with Crippen molar-refractivity contribution in [2.24, 2.45) is 0 Å². The van der Waals surface area contributed by atoms with Gasteiger partial charge < -0.3 is 31.8 Å². The van der Waals surface area contributed by atoms with Crippen molar-refractivity contribution in [3.8, 4) is 56.4 Å². The number of para-hydroxylation sites is 11. The first kappa shape index (κ1) is 62.8. The minimum Gasteiger partial charge on any atom is -0.454 e. The van der Waals surface area contributed by atoms with Crippen molar-refractivity contribution >= 4 is 164 Å². The lowest BCUT2D eigenvalue weighted by Gasteiger charge is -2.12. The molecule has 0 saturated carbocycles. The van der Waals surface area contributed by atoms with Crippen LogP contribution >= 0.6 is 0 Å². The third-order valence-corrected chi connectivity index (χ3v) is 23.8. The van der Waals surface area contributed by atoms with Crippen molar-refractivity contribution in [3.63, 3.8) is 0 Å². The Labute approximate surface area is 647 Å². The molecule has 526 valence electrons. The van der Waals surface area contributed by atoms with Gasteiger partial charge in [0.25, 0.3) is 0 Å². The topological polar surface area (TPSA) is 42.7 Å².